The molecule has 0 aliphatic heterocycles. The van der Waals surface area contributed by atoms with Gasteiger partial charge in [-0.2, -0.15) is 4.98 Å². The molecule has 0 unspecified atom stereocenters. The molecule has 112 valence electrons. The van der Waals surface area contributed by atoms with Crippen molar-refractivity contribution in [1.82, 2.24) is 4.98 Å². The summed E-state index contributed by atoms with van der Waals surface area (Å²) in [5.41, 5.74) is 6.49. The monoisotopic (exact) mass is 353 g/mol. The number of nitrogen functional groups attached to an aromatic ring is 1. The minimum absolute atomic E-state index is 0.331. The Kier molecular flexibility index (Phi) is 4.37. The van der Waals surface area contributed by atoms with Gasteiger partial charge in [0.2, 0.25) is 5.88 Å². The molecule has 0 aliphatic rings. The fourth-order valence-electron chi connectivity index (χ4n) is 1.62. The molecular formula is C15H17BrFN3O. The van der Waals surface area contributed by atoms with E-state index in [1.165, 1.54) is 12.1 Å². The SMILES string of the molecule is CC(C)(C)Oc1nc(Nc2cc(F)ccc2Br)ccc1N. The first-order chi connectivity index (χ1) is 9.74. The molecule has 1 heterocycles. The van der Waals surface area contributed by atoms with Gasteiger partial charge >= 0.3 is 0 Å². The number of nitrogens with one attached hydrogen (secondary N) is 1. The van der Waals surface area contributed by atoms with Crippen molar-refractivity contribution in [2.24, 2.45) is 0 Å². The van der Waals surface area contributed by atoms with Crippen LogP contribution < -0.4 is 15.8 Å². The quantitative estimate of drug-likeness (QED) is 0.853. The van der Waals surface area contributed by atoms with Crippen LogP contribution in [0.1, 0.15) is 20.8 Å². The normalized spacial score (nSPS) is 11.3. The predicted octanol–water partition coefficient (Wildman–Crippen LogP) is 4.49. The summed E-state index contributed by atoms with van der Waals surface area (Å²) in [5, 5.41) is 3.03. The molecule has 0 bridgehead atoms. The number of halogens is 2. The van der Waals surface area contributed by atoms with Crippen molar-refractivity contribution in [1.29, 1.82) is 0 Å². The minimum atomic E-state index is -0.404. The van der Waals surface area contributed by atoms with Gasteiger partial charge in [0.05, 0.1) is 11.4 Å². The van der Waals surface area contributed by atoms with Crippen LogP contribution in [0.2, 0.25) is 0 Å². The lowest BCUT2D eigenvalue weighted by Gasteiger charge is -2.21. The summed E-state index contributed by atoms with van der Waals surface area (Å²) in [7, 11) is 0. The van der Waals surface area contributed by atoms with Gasteiger partial charge in [-0.15, -0.1) is 0 Å². The molecule has 3 N–H and O–H groups in total. The maximum atomic E-state index is 13.3. The third-order valence-electron chi connectivity index (χ3n) is 2.48. The van der Waals surface area contributed by atoms with Crippen LogP contribution in [0, 0.1) is 5.82 Å². The zero-order chi connectivity index (χ0) is 15.6. The number of hydrogen-bond acceptors (Lipinski definition) is 4. The van der Waals surface area contributed by atoms with Crippen molar-refractivity contribution in [2.75, 3.05) is 11.1 Å². The second kappa shape index (κ2) is 5.89. The van der Waals surface area contributed by atoms with E-state index in [0.717, 1.165) is 4.47 Å². The molecule has 0 saturated carbocycles. The largest absolute Gasteiger partial charge is 0.470 e. The summed E-state index contributed by atoms with van der Waals surface area (Å²) in [5.74, 6) is 0.539. The van der Waals surface area contributed by atoms with Crippen molar-refractivity contribution in [3.63, 3.8) is 0 Å². The van der Waals surface area contributed by atoms with E-state index in [1.54, 1.807) is 18.2 Å². The van der Waals surface area contributed by atoms with Crippen LogP contribution in [0.5, 0.6) is 5.88 Å². The standard InChI is InChI=1S/C15H17BrFN3O/c1-15(2,3)21-14-11(18)6-7-13(20-14)19-12-8-9(17)4-5-10(12)16/h4-8H,18H2,1-3H3,(H,19,20). The smallest absolute Gasteiger partial charge is 0.239 e. The number of anilines is 3. The molecule has 6 heteroatoms. The first kappa shape index (κ1) is 15.6. The van der Waals surface area contributed by atoms with E-state index in [0.29, 0.717) is 23.1 Å². The minimum Gasteiger partial charge on any atom is -0.470 e. The van der Waals surface area contributed by atoms with Crippen LogP contribution >= 0.6 is 15.9 Å². The Balaban J connectivity index is 2.29. The van der Waals surface area contributed by atoms with Crippen LogP contribution in [0.25, 0.3) is 0 Å². The molecule has 0 aliphatic carbocycles. The molecule has 0 radical (unpaired) electrons. The Morgan fingerprint density at radius 3 is 2.62 bits per heavy atom. The van der Waals surface area contributed by atoms with Crippen LogP contribution in [0.15, 0.2) is 34.8 Å². The molecule has 0 fully saturated rings. The van der Waals surface area contributed by atoms with Crippen LogP contribution in [0.3, 0.4) is 0 Å². The van der Waals surface area contributed by atoms with E-state index >= 15 is 0 Å². The number of pyridine rings is 1. The third-order valence-corrected chi connectivity index (χ3v) is 3.18. The molecule has 0 amide bonds. The summed E-state index contributed by atoms with van der Waals surface area (Å²) >= 11 is 3.36. The van der Waals surface area contributed by atoms with Gasteiger partial charge in [0, 0.05) is 4.47 Å². The second-order valence-corrected chi connectivity index (χ2v) is 6.41. The fraction of sp³-hybridized carbons (Fsp3) is 0.267. The number of nitrogens with two attached hydrogens (primary N) is 1. The lowest BCUT2D eigenvalue weighted by molar-refractivity contribution is 0.125. The van der Waals surface area contributed by atoms with Gasteiger partial charge in [-0.1, -0.05) is 0 Å². The Morgan fingerprint density at radius 1 is 1.24 bits per heavy atom. The van der Waals surface area contributed by atoms with Crippen molar-refractivity contribution < 1.29 is 9.13 Å². The summed E-state index contributed by atoms with van der Waals surface area (Å²) in [4.78, 5) is 4.32. The maximum absolute atomic E-state index is 13.3. The lowest BCUT2D eigenvalue weighted by atomic mass is 10.2. The van der Waals surface area contributed by atoms with E-state index in [-0.39, 0.29) is 5.82 Å². The van der Waals surface area contributed by atoms with E-state index in [1.807, 2.05) is 20.8 Å². The first-order valence-corrected chi connectivity index (χ1v) is 7.21. The van der Waals surface area contributed by atoms with E-state index in [9.17, 15) is 4.39 Å². The van der Waals surface area contributed by atoms with Crippen LogP contribution in [-0.2, 0) is 0 Å². The van der Waals surface area contributed by atoms with Gasteiger partial charge in [-0.25, -0.2) is 4.39 Å². The average molecular weight is 354 g/mol. The molecule has 4 nitrogen and oxygen atoms in total. The fourth-order valence-corrected chi connectivity index (χ4v) is 1.97. The first-order valence-electron chi connectivity index (χ1n) is 6.42. The van der Waals surface area contributed by atoms with Crippen LogP contribution in [-0.4, -0.2) is 10.6 Å². The highest BCUT2D eigenvalue weighted by Gasteiger charge is 2.15. The number of hydrogen-bond donors (Lipinski definition) is 2. The zero-order valence-corrected chi connectivity index (χ0v) is 13.7. The number of rotatable bonds is 3. The molecule has 1 aromatic carbocycles. The molecular weight excluding hydrogens is 337 g/mol. The summed E-state index contributed by atoms with van der Waals surface area (Å²) in [6.07, 6.45) is 0. The van der Waals surface area contributed by atoms with Crippen LogP contribution in [0.4, 0.5) is 21.6 Å². The molecule has 2 aromatic rings. The highest BCUT2D eigenvalue weighted by molar-refractivity contribution is 9.10. The summed E-state index contributed by atoms with van der Waals surface area (Å²) in [6, 6.07) is 7.79. The second-order valence-electron chi connectivity index (χ2n) is 5.55. The molecule has 2 rings (SSSR count). The van der Waals surface area contributed by atoms with E-state index in [2.05, 4.69) is 26.2 Å². The Labute approximate surface area is 131 Å². The molecule has 0 saturated heterocycles. The van der Waals surface area contributed by atoms with Gasteiger partial charge < -0.3 is 15.8 Å². The zero-order valence-electron chi connectivity index (χ0n) is 12.1. The number of benzene rings is 1. The van der Waals surface area contributed by atoms with Gasteiger partial charge in [0.15, 0.2) is 0 Å². The molecule has 1 aromatic heterocycles. The number of aromatic nitrogens is 1. The third kappa shape index (κ3) is 4.32. The highest BCUT2D eigenvalue weighted by Crippen LogP contribution is 2.29. The van der Waals surface area contributed by atoms with E-state index in [4.69, 9.17) is 10.5 Å². The highest BCUT2D eigenvalue weighted by atomic mass is 79.9. The lowest BCUT2D eigenvalue weighted by Crippen LogP contribution is -2.24. The maximum Gasteiger partial charge on any atom is 0.239 e. The summed E-state index contributed by atoms with van der Waals surface area (Å²) in [6.45, 7) is 5.74. The number of ether oxygens (including phenoxy) is 1. The van der Waals surface area contributed by atoms with E-state index < -0.39 is 5.60 Å². The average Bonchev–Trinajstić information content (AvgIpc) is 2.36. The summed E-state index contributed by atoms with van der Waals surface area (Å²) < 4.78 is 19.7. The molecule has 0 spiro atoms. The number of nitrogens with zero attached hydrogens (tertiary/aromatic N) is 1. The topological polar surface area (TPSA) is 60.2 Å². The van der Waals surface area contributed by atoms with Crippen molar-refractivity contribution in [3.05, 3.63) is 40.6 Å². The predicted molar refractivity (Wildman–Crippen MR) is 86.4 cm³/mol. The van der Waals surface area contributed by atoms with Gasteiger partial charge in [0.25, 0.3) is 0 Å². The van der Waals surface area contributed by atoms with Crippen molar-refractivity contribution in [2.45, 2.75) is 26.4 Å². The van der Waals surface area contributed by atoms with Gasteiger partial charge in [0.1, 0.15) is 17.2 Å². The Bertz CT molecular complexity index is 656. The van der Waals surface area contributed by atoms with Gasteiger partial charge in [-0.3, -0.25) is 0 Å². The Hall–Kier alpha value is -1.82. The van der Waals surface area contributed by atoms with Crippen molar-refractivity contribution >= 4 is 33.1 Å². The molecule has 0 atom stereocenters. The van der Waals surface area contributed by atoms with Crippen molar-refractivity contribution in [3.8, 4) is 5.88 Å². The Morgan fingerprint density at radius 2 is 1.95 bits per heavy atom. The van der Waals surface area contributed by atoms with Gasteiger partial charge in [-0.05, 0) is 67.0 Å². The molecule has 21 heavy (non-hydrogen) atoms.